The molecular weight excluding hydrogens is 253 g/mol. The van der Waals surface area contributed by atoms with Crippen molar-refractivity contribution < 1.29 is 9.90 Å². The van der Waals surface area contributed by atoms with Crippen LogP contribution in [0.4, 0.5) is 0 Å². The van der Waals surface area contributed by atoms with Crippen LogP contribution in [0.15, 0.2) is 6.07 Å². The van der Waals surface area contributed by atoms with Gasteiger partial charge in [-0.05, 0) is 12.5 Å². The van der Waals surface area contributed by atoms with Gasteiger partial charge in [0, 0.05) is 0 Å². The first-order valence-corrected chi connectivity index (χ1v) is 5.44. The zero-order valence-electron chi connectivity index (χ0n) is 8.57. The van der Waals surface area contributed by atoms with Gasteiger partial charge in [0.2, 0.25) is 0 Å². The van der Waals surface area contributed by atoms with Crippen molar-refractivity contribution in [1.29, 1.82) is 0 Å². The van der Waals surface area contributed by atoms with Crippen LogP contribution >= 0.6 is 23.2 Å². The molecule has 0 aliphatic rings. The van der Waals surface area contributed by atoms with Crippen LogP contribution in [-0.2, 0) is 0 Å². The maximum atomic E-state index is 11.7. The van der Waals surface area contributed by atoms with E-state index in [0.717, 1.165) is 0 Å². The molecule has 1 rings (SSSR count). The molecule has 0 aromatic carbocycles. The first-order valence-electron chi connectivity index (χ1n) is 4.69. The fraction of sp³-hybridized carbons (Fsp3) is 0.444. The SMILES string of the molecule is CC[C@H](CO)NC(=O)c1cc(Cl)nnc1Cl. The molecule has 0 saturated carbocycles. The molecule has 1 amide bonds. The van der Waals surface area contributed by atoms with Crippen LogP contribution in [0.3, 0.4) is 0 Å². The average molecular weight is 264 g/mol. The van der Waals surface area contributed by atoms with Gasteiger partial charge in [-0.3, -0.25) is 4.79 Å². The van der Waals surface area contributed by atoms with Gasteiger partial charge >= 0.3 is 0 Å². The molecular formula is C9H11Cl2N3O2. The maximum Gasteiger partial charge on any atom is 0.254 e. The lowest BCUT2D eigenvalue weighted by atomic mass is 10.2. The Kier molecular flexibility index (Phi) is 4.92. The third kappa shape index (κ3) is 3.30. The first kappa shape index (κ1) is 13.2. The predicted octanol–water partition coefficient (Wildman–Crippen LogP) is 1.28. The second-order valence-electron chi connectivity index (χ2n) is 3.13. The normalized spacial score (nSPS) is 12.2. The van der Waals surface area contributed by atoms with Crippen molar-refractivity contribution in [2.24, 2.45) is 0 Å². The van der Waals surface area contributed by atoms with Gasteiger partial charge in [0.05, 0.1) is 18.2 Å². The molecule has 1 heterocycles. The van der Waals surface area contributed by atoms with Crippen molar-refractivity contribution in [3.05, 3.63) is 21.9 Å². The highest BCUT2D eigenvalue weighted by molar-refractivity contribution is 6.34. The second-order valence-corrected chi connectivity index (χ2v) is 3.88. The number of hydrogen-bond donors (Lipinski definition) is 2. The Balaban J connectivity index is 2.83. The number of rotatable bonds is 4. The van der Waals surface area contributed by atoms with E-state index >= 15 is 0 Å². The molecule has 0 unspecified atom stereocenters. The molecule has 16 heavy (non-hydrogen) atoms. The summed E-state index contributed by atoms with van der Waals surface area (Å²) in [7, 11) is 0. The Morgan fingerprint density at radius 2 is 2.25 bits per heavy atom. The summed E-state index contributed by atoms with van der Waals surface area (Å²) in [5.41, 5.74) is 0.147. The summed E-state index contributed by atoms with van der Waals surface area (Å²) in [6.07, 6.45) is 0.617. The number of nitrogens with zero attached hydrogens (tertiary/aromatic N) is 2. The van der Waals surface area contributed by atoms with E-state index in [9.17, 15) is 4.79 Å². The van der Waals surface area contributed by atoms with E-state index in [1.165, 1.54) is 6.07 Å². The highest BCUT2D eigenvalue weighted by Crippen LogP contribution is 2.15. The summed E-state index contributed by atoms with van der Waals surface area (Å²) in [6, 6.07) is 1.02. The summed E-state index contributed by atoms with van der Waals surface area (Å²) in [6.45, 7) is 1.71. The molecule has 0 bridgehead atoms. The lowest BCUT2D eigenvalue weighted by Crippen LogP contribution is -2.37. The lowest BCUT2D eigenvalue weighted by Gasteiger charge is -2.14. The number of carbonyl (C=O) groups excluding carboxylic acids is 1. The lowest BCUT2D eigenvalue weighted by molar-refractivity contribution is 0.0914. The van der Waals surface area contributed by atoms with Crippen LogP contribution in [-0.4, -0.2) is 33.9 Å². The molecule has 88 valence electrons. The number of aliphatic hydroxyl groups excluding tert-OH is 1. The molecule has 2 N–H and O–H groups in total. The van der Waals surface area contributed by atoms with Crippen molar-refractivity contribution >= 4 is 29.1 Å². The highest BCUT2D eigenvalue weighted by Gasteiger charge is 2.16. The zero-order chi connectivity index (χ0) is 12.1. The minimum atomic E-state index is -0.428. The van der Waals surface area contributed by atoms with Crippen molar-refractivity contribution in [3.8, 4) is 0 Å². The van der Waals surface area contributed by atoms with Crippen molar-refractivity contribution in [1.82, 2.24) is 15.5 Å². The number of carbonyl (C=O) groups is 1. The van der Waals surface area contributed by atoms with Gasteiger partial charge in [0.25, 0.3) is 5.91 Å². The minimum absolute atomic E-state index is 0.0188. The number of aliphatic hydroxyl groups is 1. The molecule has 0 aliphatic carbocycles. The Labute approximate surface area is 103 Å². The van der Waals surface area contributed by atoms with Gasteiger partial charge in [0.15, 0.2) is 10.3 Å². The third-order valence-electron chi connectivity index (χ3n) is 2.01. The number of aromatic nitrogens is 2. The van der Waals surface area contributed by atoms with Crippen LogP contribution in [0.25, 0.3) is 0 Å². The Bertz CT molecular complexity index is 383. The van der Waals surface area contributed by atoms with E-state index in [4.69, 9.17) is 28.3 Å². The molecule has 1 aromatic rings. The molecule has 0 radical (unpaired) electrons. The predicted molar refractivity (Wildman–Crippen MR) is 60.7 cm³/mol. The Morgan fingerprint density at radius 3 is 2.81 bits per heavy atom. The number of amides is 1. The second kappa shape index (κ2) is 5.98. The number of halogens is 2. The number of nitrogens with one attached hydrogen (secondary N) is 1. The van der Waals surface area contributed by atoms with E-state index in [2.05, 4.69) is 15.5 Å². The molecule has 0 saturated heterocycles. The van der Waals surface area contributed by atoms with Gasteiger partial charge in [0.1, 0.15) is 0 Å². The van der Waals surface area contributed by atoms with Crippen LogP contribution in [0.1, 0.15) is 23.7 Å². The quantitative estimate of drug-likeness (QED) is 0.859. The maximum absolute atomic E-state index is 11.7. The van der Waals surface area contributed by atoms with Crippen LogP contribution in [0, 0.1) is 0 Å². The standard InChI is InChI=1S/C9H11Cl2N3O2/c1-2-5(4-15)12-9(16)6-3-7(10)13-14-8(6)11/h3,5,15H,2,4H2,1H3,(H,12,16)/t5-/m1/s1. The van der Waals surface area contributed by atoms with Crippen LogP contribution in [0.2, 0.25) is 10.3 Å². The Hall–Kier alpha value is -0.910. The summed E-state index contributed by atoms with van der Waals surface area (Å²) in [5, 5.41) is 18.6. The third-order valence-corrected chi connectivity index (χ3v) is 2.48. The summed E-state index contributed by atoms with van der Waals surface area (Å²) >= 11 is 11.3. The fourth-order valence-corrected chi connectivity index (χ4v) is 1.38. The average Bonchev–Trinajstić information content (AvgIpc) is 2.28. The van der Waals surface area contributed by atoms with Gasteiger partial charge in [-0.2, -0.15) is 0 Å². The van der Waals surface area contributed by atoms with Crippen molar-refractivity contribution in [3.63, 3.8) is 0 Å². The topological polar surface area (TPSA) is 75.1 Å². The molecule has 0 spiro atoms. The van der Waals surface area contributed by atoms with Gasteiger partial charge in [-0.1, -0.05) is 30.1 Å². The summed E-state index contributed by atoms with van der Waals surface area (Å²) in [5.74, 6) is -0.428. The summed E-state index contributed by atoms with van der Waals surface area (Å²) < 4.78 is 0. The fourth-order valence-electron chi connectivity index (χ4n) is 1.05. The Morgan fingerprint density at radius 1 is 1.56 bits per heavy atom. The van der Waals surface area contributed by atoms with Crippen molar-refractivity contribution in [2.45, 2.75) is 19.4 Å². The van der Waals surface area contributed by atoms with Crippen LogP contribution < -0.4 is 5.32 Å². The smallest absolute Gasteiger partial charge is 0.254 e. The highest BCUT2D eigenvalue weighted by atomic mass is 35.5. The van der Waals surface area contributed by atoms with Crippen molar-refractivity contribution in [2.75, 3.05) is 6.61 Å². The van der Waals surface area contributed by atoms with E-state index < -0.39 is 5.91 Å². The molecule has 1 atom stereocenters. The van der Waals surface area contributed by atoms with Crippen LogP contribution in [0.5, 0.6) is 0 Å². The van der Waals surface area contributed by atoms with E-state index in [1.54, 1.807) is 0 Å². The molecule has 7 heteroatoms. The molecule has 5 nitrogen and oxygen atoms in total. The number of hydrogen-bond acceptors (Lipinski definition) is 4. The van der Waals surface area contributed by atoms with E-state index in [-0.39, 0.29) is 28.5 Å². The monoisotopic (exact) mass is 263 g/mol. The largest absolute Gasteiger partial charge is 0.394 e. The van der Waals surface area contributed by atoms with Gasteiger partial charge < -0.3 is 10.4 Å². The van der Waals surface area contributed by atoms with E-state index in [0.29, 0.717) is 6.42 Å². The molecule has 1 aromatic heterocycles. The zero-order valence-corrected chi connectivity index (χ0v) is 10.1. The summed E-state index contributed by atoms with van der Waals surface area (Å²) in [4.78, 5) is 11.7. The molecule has 0 fully saturated rings. The first-order chi connectivity index (χ1) is 7.58. The van der Waals surface area contributed by atoms with Gasteiger partial charge in [-0.25, -0.2) is 0 Å². The molecule has 0 aliphatic heterocycles. The minimum Gasteiger partial charge on any atom is -0.394 e. The van der Waals surface area contributed by atoms with E-state index in [1.807, 2.05) is 6.92 Å². The van der Waals surface area contributed by atoms with Gasteiger partial charge in [-0.15, -0.1) is 10.2 Å².